The quantitative estimate of drug-likeness (QED) is 0.310. The van der Waals surface area contributed by atoms with Crippen LogP contribution in [0, 0.1) is 0 Å². The molecule has 0 bridgehead atoms. The van der Waals surface area contributed by atoms with E-state index in [9.17, 15) is 9.90 Å². The van der Waals surface area contributed by atoms with Gasteiger partial charge in [-0.3, -0.25) is 4.79 Å². The summed E-state index contributed by atoms with van der Waals surface area (Å²) in [6.07, 6.45) is -0.204. The largest absolute Gasteiger partial charge is 0.392 e. The summed E-state index contributed by atoms with van der Waals surface area (Å²) in [5.74, 6) is 0.570. The zero-order valence-electron chi connectivity index (χ0n) is 20.9. The Labute approximate surface area is 225 Å². The van der Waals surface area contributed by atoms with Crippen LogP contribution in [0.4, 0.5) is 0 Å². The first-order chi connectivity index (χ1) is 18.6. The van der Waals surface area contributed by atoms with Gasteiger partial charge in [-0.25, -0.2) is 0 Å². The first kappa shape index (κ1) is 26.1. The maximum Gasteiger partial charge on any atom is 0.217 e. The molecule has 1 aliphatic heterocycles. The molecule has 1 aliphatic rings. The standard InChI is InChI=1S/C28H29N5O4S/c1-19(35)29-16-20-7-13-23(14-8-20)27-36-25(15-26(37-27)22-11-9-21(17-34)10-12-22)18-38-28-30-31-32-33(28)24-5-3-2-4-6-24/h2-14,25-27,34H,15-18H2,1H3,(H,29,35)/t25-,26+,27+/m1/s1. The molecule has 2 heterocycles. The number of ether oxygens (including phenoxy) is 2. The van der Waals surface area contributed by atoms with Crippen LogP contribution in [0.2, 0.25) is 0 Å². The minimum Gasteiger partial charge on any atom is -0.392 e. The van der Waals surface area contributed by atoms with E-state index >= 15 is 0 Å². The van der Waals surface area contributed by atoms with E-state index < -0.39 is 6.29 Å². The molecule has 38 heavy (non-hydrogen) atoms. The van der Waals surface area contributed by atoms with Crippen molar-refractivity contribution in [2.24, 2.45) is 0 Å². The van der Waals surface area contributed by atoms with Crippen molar-refractivity contribution in [2.45, 2.75) is 50.2 Å². The van der Waals surface area contributed by atoms with E-state index in [2.05, 4.69) is 20.8 Å². The van der Waals surface area contributed by atoms with Crippen molar-refractivity contribution < 1.29 is 19.4 Å². The lowest BCUT2D eigenvalue weighted by atomic mass is 10.0. The Balaban J connectivity index is 1.33. The molecule has 0 radical (unpaired) electrons. The van der Waals surface area contributed by atoms with Crippen LogP contribution < -0.4 is 5.32 Å². The number of aromatic nitrogens is 4. The second-order valence-electron chi connectivity index (χ2n) is 9.02. The summed E-state index contributed by atoms with van der Waals surface area (Å²) >= 11 is 1.54. The minimum atomic E-state index is -0.559. The van der Waals surface area contributed by atoms with Gasteiger partial charge in [0.1, 0.15) is 0 Å². The van der Waals surface area contributed by atoms with Gasteiger partial charge in [0.05, 0.1) is 24.5 Å². The molecule has 0 aliphatic carbocycles. The number of hydrogen-bond acceptors (Lipinski definition) is 8. The number of para-hydroxylation sites is 1. The maximum atomic E-state index is 11.2. The van der Waals surface area contributed by atoms with E-state index in [0.717, 1.165) is 27.9 Å². The molecule has 2 N–H and O–H groups in total. The topological polar surface area (TPSA) is 111 Å². The fraction of sp³-hybridized carbons (Fsp3) is 0.286. The highest BCUT2D eigenvalue weighted by Crippen LogP contribution is 2.39. The first-order valence-corrected chi connectivity index (χ1v) is 13.4. The molecule has 1 fully saturated rings. The van der Waals surface area contributed by atoms with Gasteiger partial charge in [-0.05, 0) is 39.2 Å². The van der Waals surface area contributed by atoms with Crippen LogP contribution in [0.1, 0.15) is 48.0 Å². The summed E-state index contributed by atoms with van der Waals surface area (Å²) < 4.78 is 14.6. The van der Waals surface area contributed by atoms with Crippen molar-refractivity contribution in [1.29, 1.82) is 0 Å². The van der Waals surface area contributed by atoms with Crippen molar-refractivity contribution in [2.75, 3.05) is 5.75 Å². The molecule has 4 aromatic rings. The van der Waals surface area contributed by atoms with Gasteiger partial charge in [-0.15, -0.1) is 5.10 Å². The lowest BCUT2D eigenvalue weighted by Gasteiger charge is -2.36. The Morgan fingerprint density at radius 1 is 1.00 bits per heavy atom. The molecular formula is C28H29N5O4S. The number of nitrogens with zero attached hydrogens (tertiary/aromatic N) is 4. The fourth-order valence-corrected chi connectivity index (χ4v) is 5.12. The molecule has 0 unspecified atom stereocenters. The zero-order chi connectivity index (χ0) is 26.3. The second-order valence-corrected chi connectivity index (χ2v) is 10.0. The van der Waals surface area contributed by atoms with Crippen molar-refractivity contribution in [3.05, 3.63) is 101 Å². The monoisotopic (exact) mass is 531 g/mol. The van der Waals surface area contributed by atoms with Gasteiger partial charge in [0, 0.05) is 31.2 Å². The SMILES string of the molecule is CC(=O)NCc1ccc([C@H]2O[C@@H](CSc3nnnn3-c3ccccc3)C[C@@H](c3ccc(CO)cc3)O2)cc1. The number of carbonyl (C=O) groups excluding carboxylic acids is 1. The van der Waals surface area contributed by atoms with Crippen LogP contribution in [0.25, 0.3) is 5.69 Å². The zero-order valence-corrected chi connectivity index (χ0v) is 21.8. The van der Waals surface area contributed by atoms with E-state index in [1.807, 2.05) is 78.9 Å². The summed E-state index contributed by atoms with van der Waals surface area (Å²) in [6.45, 7) is 1.97. The van der Waals surface area contributed by atoms with Crippen LogP contribution in [-0.4, -0.2) is 43.1 Å². The van der Waals surface area contributed by atoms with E-state index in [1.165, 1.54) is 6.92 Å². The summed E-state index contributed by atoms with van der Waals surface area (Å²) in [4.78, 5) is 11.2. The van der Waals surface area contributed by atoms with E-state index in [0.29, 0.717) is 23.9 Å². The summed E-state index contributed by atoms with van der Waals surface area (Å²) in [5.41, 5.74) is 4.67. The number of hydrogen-bond donors (Lipinski definition) is 2. The molecule has 1 saturated heterocycles. The molecular weight excluding hydrogens is 502 g/mol. The number of aliphatic hydroxyl groups is 1. The molecule has 1 amide bonds. The highest BCUT2D eigenvalue weighted by atomic mass is 32.2. The van der Waals surface area contributed by atoms with Crippen LogP contribution in [0.5, 0.6) is 0 Å². The fourth-order valence-electron chi connectivity index (χ4n) is 4.21. The summed E-state index contributed by atoms with van der Waals surface area (Å²) in [6, 6.07) is 25.5. The van der Waals surface area contributed by atoms with Gasteiger partial charge in [0.2, 0.25) is 11.1 Å². The second kappa shape index (κ2) is 12.3. The van der Waals surface area contributed by atoms with Gasteiger partial charge in [0.25, 0.3) is 0 Å². The average molecular weight is 532 g/mol. The van der Waals surface area contributed by atoms with Crippen LogP contribution in [0.3, 0.4) is 0 Å². The first-order valence-electron chi connectivity index (χ1n) is 12.4. The van der Waals surface area contributed by atoms with Crippen LogP contribution >= 0.6 is 11.8 Å². The number of amides is 1. The Kier molecular flexibility index (Phi) is 8.44. The van der Waals surface area contributed by atoms with E-state index in [4.69, 9.17) is 9.47 Å². The third-order valence-corrected chi connectivity index (χ3v) is 7.30. The van der Waals surface area contributed by atoms with Crippen molar-refractivity contribution in [3.63, 3.8) is 0 Å². The highest BCUT2D eigenvalue weighted by Gasteiger charge is 2.32. The molecule has 3 atom stereocenters. The summed E-state index contributed by atoms with van der Waals surface area (Å²) in [7, 11) is 0. The summed E-state index contributed by atoms with van der Waals surface area (Å²) in [5, 5.41) is 25.2. The number of carbonyl (C=O) groups is 1. The smallest absolute Gasteiger partial charge is 0.217 e. The van der Waals surface area contributed by atoms with Crippen molar-refractivity contribution in [3.8, 4) is 5.69 Å². The number of tetrazole rings is 1. The van der Waals surface area contributed by atoms with Crippen LogP contribution in [-0.2, 0) is 27.4 Å². The molecule has 9 nitrogen and oxygen atoms in total. The predicted octanol–water partition coefficient (Wildman–Crippen LogP) is 4.13. The Bertz CT molecular complexity index is 1330. The van der Waals surface area contributed by atoms with E-state index in [-0.39, 0.29) is 24.7 Å². The molecule has 196 valence electrons. The Hall–Kier alpha value is -3.57. The van der Waals surface area contributed by atoms with E-state index in [1.54, 1.807) is 16.4 Å². The Morgan fingerprint density at radius 2 is 1.71 bits per heavy atom. The average Bonchev–Trinajstić information content (AvgIpc) is 3.44. The third kappa shape index (κ3) is 6.46. The molecule has 3 aromatic carbocycles. The van der Waals surface area contributed by atoms with Gasteiger partial charge >= 0.3 is 0 Å². The lowest BCUT2D eigenvalue weighted by Crippen LogP contribution is -2.31. The number of benzene rings is 3. The van der Waals surface area contributed by atoms with Gasteiger partial charge in [-0.1, -0.05) is 78.5 Å². The lowest BCUT2D eigenvalue weighted by molar-refractivity contribution is -0.245. The molecule has 1 aromatic heterocycles. The molecule has 5 rings (SSSR count). The van der Waals surface area contributed by atoms with Crippen molar-refractivity contribution in [1.82, 2.24) is 25.5 Å². The normalized spacial score (nSPS) is 19.3. The Morgan fingerprint density at radius 3 is 2.42 bits per heavy atom. The van der Waals surface area contributed by atoms with Gasteiger partial charge in [0.15, 0.2) is 6.29 Å². The highest BCUT2D eigenvalue weighted by molar-refractivity contribution is 7.99. The maximum absolute atomic E-state index is 11.2. The molecule has 10 heteroatoms. The number of thioether (sulfide) groups is 1. The molecule has 0 spiro atoms. The third-order valence-electron chi connectivity index (χ3n) is 6.25. The van der Waals surface area contributed by atoms with Gasteiger partial charge in [-0.2, -0.15) is 4.68 Å². The molecule has 0 saturated carbocycles. The predicted molar refractivity (Wildman–Crippen MR) is 142 cm³/mol. The number of aliphatic hydroxyl groups excluding tert-OH is 1. The number of nitrogens with one attached hydrogen (secondary N) is 1. The van der Waals surface area contributed by atoms with Gasteiger partial charge < -0.3 is 19.9 Å². The van der Waals surface area contributed by atoms with Crippen LogP contribution in [0.15, 0.2) is 84.0 Å². The van der Waals surface area contributed by atoms with Crippen molar-refractivity contribution >= 4 is 17.7 Å². The number of rotatable bonds is 9. The minimum absolute atomic E-state index is 0.00221.